The highest BCUT2D eigenvalue weighted by molar-refractivity contribution is 7.08. The summed E-state index contributed by atoms with van der Waals surface area (Å²) in [5, 5.41) is 6.94. The highest BCUT2D eigenvalue weighted by atomic mass is 32.1. The number of rotatable bonds is 6. The number of nitrogens with zero attached hydrogens (tertiary/aromatic N) is 3. The highest BCUT2D eigenvalue weighted by Crippen LogP contribution is 2.23. The molecule has 0 bridgehead atoms. The highest BCUT2D eigenvalue weighted by Gasteiger charge is 2.15. The Kier molecular flexibility index (Phi) is 4.91. The van der Waals surface area contributed by atoms with Crippen molar-refractivity contribution in [2.24, 2.45) is 5.73 Å². The van der Waals surface area contributed by atoms with Crippen molar-refractivity contribution in [3.05, 3.63) is 64.2 Å². The molecule has 4 aromatic heterocycles. The molecule has 0 radical (unpaired) electrons. The number of carbonyl (C=O) groups is 1. The predicted octanol–water partition coefficient (Wildman–Crippen LogP) is 2.51. The Bertz CT molecular complexity index is 1070. The molecule has 4 heterocycles. The SMILES string of the molecule is NCc1ncccc1CCNC(=O)c1ccnc2nc(-c3ccsc3)[nH]c12. The molecule has 136 valence electrons. The first-order valence-corrected chi connectivity index (χ1v) is 9.49. The predicted molar refractivity (Wildman–Crippen MR) is 105 cm³/mol. The van der Waals surface area contributed by atoms with Crippen LogP contribution in [0.15, 0.2) is 47.4 Å². The minimum Gasteiger partial charge on any atom is -0.352 e. The number of thiophene rings is 1. The van der Waals surface area contributed by atoms with Gasteiger partial charge in [-0.1, -0.05) is 6.07 Å². The van der Waals surface area contributed by atoms with Crippen molar-refractivity contribution < 1.29 is 4.79 Å². The van der Waals surface area contributed by atoms with Gasteiger partial charge in [-0.05, 0) is 35.6 Å². The van der Waals surface area contributed by atoms with Crippen LogP contribution in [0.1, 0.15) is 21.6 Å². The maximum Gasteiger partial charge on any atom is 0.253 e. The average molecular weight is 378 g/mol. The summed E-state index contributed by atoms with van der Waals surface area (Å²) in [6.45, 7) is 0.876. The van der Waals surface area contributed by atoms with Crippen LogP contribution in [0.5, 0.6) is 0 Å². The van der Waals surface area contributed by atoms with Crippen LogP contribution in [0.2, 0.25) is 0 Å². The third kappa shape index (κ3) is 3.57. The number of pyridine rings is 2. The van der Waals surface area contributed by atoms with Crippen molar-refractivity contribution in [1.82, 2.24) is 25.3 Å². The molecule has 0 aliphatic carbocycles. The third-order valence-corrected chi connectivity index (χ3v) is 4.97. The van der Waals surface area contributed by atoms with E-state index < -0.39 is 0 Å². The Balaban J connectivity index is 1.51. The molecule has 0 spiro atoms. The lowest BCUT2D eigenvalue weighted by Gasteiger charge is -2.08. The van der Waals surface area contributed by atoms with Gasteiger partial charge in [0.1, 0.15) is 5.82 Å². The van der Waals surface area contributed by atoms with Gasteiger partial charge in [-0.3, -0.25) is 9.78 Å². The molecule has 0 atom stereocenters. The lowest BCUT2D eigenvalue weighted by molar-refractivity contribution is 0.0955. The van der Waals surface area contributed by atoms with Crippen LogP contribution in [0.25, 0.3) is 22.6 Å². The van der Waals surface area contributed by atoms with Gasteiger partial charge in [0.05, 0.1) is 16.8 Å². The first-order valence-electron chi connectivity index (χ1n) is 8.54. The molecule has 0 aliphatic heterocycles. The average Bonchev–Trinajstić information content (AvgIpc) is 3.37. The first kappa shape index (κ1) is 17.3. The Morgan fingerprint density at radius 1 is 1.22 bits per heavy atom. The number of hydrogen-bond donors (Lipinski definition) is 3. The Morgan fingerprint density at radius 2 is 2.15 bits per heavy atom. The summed E-state index contributed by atoms with van der Waals surface area (Å²) < 4.78 is 0. The van der Waals surface area contributed by atoms with E-state index in [1.54, 1.807) is 29.8 Å². The molecule has 8 heteroatoms. The summed E-state index contributed by atoms with van der Waals surface area (Å²) in [7, 11) is 0. The summed E-state index contributed by atoms with van der Waals surface area (Å²) in [5.41, 5.74) is 10.3. The minimum atomic E-state index is -0.166. The molecule has 0 unspecified atom stereocenters. The second-order valence-electron chi connectivity index (χ2n) is 5.97. The fourth-order valence-electron chi connectivity index (χ4n) is 2.92. The topological polar surface area (TPSA) is 110 Å². The van der Waals surface area contributed by atoms with E-state index in [0.29, 0.717) is 42.1 Å². The molecule has 4 N–H and O–H groups in total. The molecule has 0 aromatic carbocycles. The smallest absolute Gasteiger partial charge is 0.253 e. The van der Waals surface area contributed by atoms with E-state index in [9.17, 15) is 4.79 Å². The summed E-state index contributed by atoms with van der Waals surface area (Å²) >= 11 is 1.59. The van der Waals surface area contributed by atoms with Gasteiger partial charge in [-0.2, -0.15) is 11.3 Å². The molecule has 27 heavy (non-hydrogen) atoms. The van der Waals surface area contributed by atoms with Crippen LogP contribution in [-0.4, -0.2) is 32.4 Å². The molecule has 7 nitrogen and oxygen atoms in total. The van der Waals surface area contributed by atoms with Crippen molar-refractivity contribution in [3.8, 4) is 11.4 Å². The van der Waals surface area contributed by atoms with Crippen LogP contribution < -0.4 is 11.1 Å². The van der Waals surface area contributed by atoms with E-state index >= 15 is 0 Å². The van der Waals surface area contributed by atoms with Gasteiger partial charge in [0, 0.05) is 36.4 Å². The number of nitrogens with two attached hydrogens (primary N) is 1. The number of nitrogens with one attached hydrogen (secondary N) is 2. The first-order chi connectivity index (χ1) is 13.3. The zero-order chi connectivity index (χ0) is 18.6. The second kappa shape index (κ2) is 7.65. The Hall–Kier alpha value is -3.10. The van der Waals surface area contributed by atoms with Gasteiger partial charge < -0.3 is 16.0 Å². The fraction of sp³-hybridized carbons (Fsp3) is 0.158. The van der Waals surface area contributed by atoms with Crippen molar-refractivity contribution in [1.29, 1.82) is 0 Å². The van der Waals surface area contributed by atoms with E-state index in [-0.39, 0.29) is 5.91 Å². The van der Waals surface area contributed by atoms with Gasteiger partial charge >= 0.3 is 0 Å². The van der Waals surface area contributed by atoms with Gasteiger partial charge in [0.2, 0.25) is 0 Å². The molecule has 0 saturated heterocycles. The van der Waals surface area contributed by atoms with E-state index in [0.717, 1.165) is 16.8 Å². The Morgan fingerprint density at radius 3 is 2.96 bits per heavy atom. The van der Waals surface area contributed by atoms with Crippen LogP contribution in [-0.2, 0) is 13.0 Å². The molecular weight excluding hydrogens is 360 g/mol. The molecule has 0 aliphatic rings. The maximum absolute atomic E-state index is 12.7. The number of carbonyl (C=O) groups excluding carboxylic acids is 1. The monoisotopic (exact) mass is 378 g/mol. The quantitative estimate of drug-likeness (QED) is 0.478. The minimum absolute atomic E-state index is 0.166. The number of H-pyrrole nitrogens is 1. The van der Waals surface area contributed by atoms with E-state index in [1.807, 2.05) is 29.0 Å². The van der Waals surface area contributed by atoms with Crippen LogP contribution >= 0.6 is 11.3 Å². The fourth-order valence-corrected chi connectivity index (χ4v) is 3.57. The van der Waals surface area contributed by atoms with Crippen LogP contribution in [0.3, 0.4) is 0 Å². The van der Waals surface area contributed by atoms with Crippen molar-refractivity contribution >= 4 is 28.4 Å². The zero-order valence-corrected chi connectivity index (χ0v) is 15.3. The lowest BCUT2D eigenvalue weighted by atomic mass is 10.1. The molecular formula is C19H18N6OS. The number of amides is 1. The van der Waals surface area contributed by atoms with Gasteiger partial charge in [0.15, 0.2) is 5.65 Å². The molecule has 1 amide bonds. The number of aromatic nitrogens is 4. The number of fused-ring (bicyclic) bond motifs is 1. The summed E-state index contributed by atoms with van der Waals surface area (Å²) in [6.07, 6.45) is 3.99. The number of aromatic amines is 1. The molecule has 4 rings (SSSR count). The normalized spacial score (nSPS) is 11.0. The van der Waals surface area contributed by atoms with Crippen LogP contribution in [0, 0.1) is 0 Å². The van der Waals surface area contributed by atoms with Gasteiger partial charge in [0.25, 0.3) is 5.91 Å². The largest absolute Gasteiger partial charge is 0.352 e. The van der Waals surface area contributed by atoms with E-state index in [4.69, 9.17) is 5.73 Å². The third-order valence-electron chi connectivity index (χ3n) is 4.29. The van der Waals surface area contributed by atoms with Crippen molar-refractivity contribution in [3.63, 3.8) is 0 Å². The molecule has 0 saturated carbocycles. The van der Waals surface area contributed by atoms with E-state index in [2.05, 4.69) is 25.3 Å². The Labute approximate surface area is 159 Å². The molecule has 0 fully saturated rings. The maximum atomic E-state index is 12.7. The number of hydrogen-bond acceptors (Lipinski definition) is 6. The van der Waals surface area contributed by atoms with Gasteiger partial charge in [-0.15, -0.1) is 0 Å². The van der Waals surface area contributed by atoms with Crippen LogP contribution in [0.4, 0.5) is 0 Å². The zero-order valence-electron chi connectivity index (χ0n) is 14.5. The van der Waals surface area contributed by atoms with Crippen molar-refractivity contribution in [2.75, 3.05) is 6.54 Å². The van der Waals surface area contributed by atoms with Gasteiger partial charge in [-0.25, -0.2) is 9.97 Å². The lowest BCUT2D eigenvalue weighted by Crippen LogP contribution is -2.26. The summed E-state index contributed by atoms with van der Waals surface area (Å²) in [6, 6.07) is 7.53. The standard InChI is InChI=1S/C19H18N6OS/c20-10-15-12(2-1-6-21-15)3-7-23-19(26)14-4-8-22-18-16(14)24-17(25-18)13-5-9-27-11-13/h1-2,4-6,8-9,11H,3,7,10,20H2,(H,23,26)(H,22,24,25). The second-order valence-corrected chi connectivity index (χ2v) is 6.75. The summed E-state index contributed by atoms with van der Waals surface area (Å²) in [5.74, 6) is 0.544. The number of imidazole rings is 1. The summed E-state index contributed by atoms with van der Waals surface area (Å²) in [4.78, 5) is 28.9. The van der Waals surface area contributed by atoms with E-state index in [1.165, 1.54) is 0 Å². The van der Waals surface area contributed by atoms with Crippen molar-refractivity contribution in [2.45, 2.75) is 13.0 Å². The molecule has 4 aromatic rings.